The Hall–Kier alpha value is -2.94. The van der Waals surface area contributed by atoms with Crippen molar-refractivity contribution < 1.29 is 18.7 Å². The maximum Gasteiger partial charge on any atom is 0.254 e. The molecule has 4 N–H and O–H groups in total. The normalized spacial score (nSPS) is 24.0. The summed E-state index contributed by atoms with van der Waals surface area (Å²) in [5.74, 6) is -1.04. The molecule has 176 valence electrons. The lowest BCUT2D eigenvalue weighted by molar-refractivity contribution is -0.123. The van der Waals surface area contributed by atoms with E-state index in [0.717, 1.165) is 49.8 Å². The van der Waals surface area contributed by atoms with Crippen LogP contribution >= 0.6 is 0 Å². The minimum absolute atomic E-state index is 0.0346. The van der Waals surface area contributed by atoms with Crippen molar-refractivity contribution in [3.8, 4) is 0 Å². The molecule has 2 fully saturated rings. The number of carbonyl (C=O) groups excluding carboxylic acids is 2. The number of H-pyrrole nitrogens is 1. The van der Waals surface area contributed by atoms with Crippen molar-refractivity contribution in [3.63, 3.8) is 0 Å². The molecule has 33 heavy (non-hydrogen) atoms. The number of ether oxygens (including phenoxy) is 1. The summed E-state index contributed by atoms with van der Waals surface area (Å²) in [4.78, 5) is 28.3. The van der Waals surface area contributed by atoms with Gasteiger partial charge in [0.2, 0.25) is 5.91 Å². The highest BCUT2D eigenvalue weighted by Crippen LogP contribution is 2.43. The molecular formula is C24H30FN5O3. The van der Waals surface area contributed by atoms with Gasteiger partial charge in [0.25, 0.3) is 5.91 Å². The number of rotatable bonds is 4. The summed E-state index contributed by atoms with van der Waals surface area (Å²) < 4.78 is 19.5. The number of nitrogen functional groups attached to an aromatic ring is 1. The lowest BCUT2D eigenvalue weighted by Gasteiger charge is -2.33. The molecule has 1 aliphatic carbocycles. The highest BCUT2D eigenvalue weighted by atomic mass is 19.1. The summed E-state index contributed by atoms with van der Waals surface area (Å²) in [6, 6.07) is 3.77. The standard InChI is InChI=1S/C24H30FN5O3/c25-16-8-15(9-17(26)10-16)23(32)30-14-24(4-6-33-7-5-24)11-18(30)12-27-22(31)19-2-1-3-21-20(19)13-28-29-21/h8-10,13,18-19H,1-7,11-12,14,26H2,(H,27,31)(H,28,29). The second-order valence-corrected chi connectivity index (χ2v) is 9.67. The highest BCUT2D eigenvalue weighted by molar-refractivity contribution is 5.95. The molecule has 2 unspecified atom stereocenters. The Balaban J connectivity index is 1.33. The summed E-state index contributed by atoms with van der Waals surface area (Å²) in [6.45, 7) is 2.27. The molecule has 3 heterocycles. The van der Waals surface area contributed by atoms with Crippen LogP contribution in [0.4, 0.5) is 10.1 Å². The van der Waals surface area contributed by atoms with Gasteiger partial charge in [0.05, 0.1) is 12.1 Å². The van der Waals surface area contributed by atoms with Gasteiger partial charge in [0, 0.05) is 54.9 Å². The van der Waals surface area contributed by atoms with Crippen LogP contribution in [-0.2, 0) is 16.0 Å². The van der Waals surface area contributed by atoms with Crippen LogP contribution in [0.5, 0.6) is 0 Å². The predicted molar refractivity (Wildman–Crippen MR) is 120 cm³/mol. The van der Waals surface area contributed by atoms with Gasteiger partial charge in [0.1, 0.15) is 5.82 Å². The van der Waals surface area contributed by atoms with Crippen LogP contribution in [0, 0.1) is 11.2 Å². The van der Waals surface area contributed by atoms with Crippen LogP contribution < -0.4 is 11.1 Å². The molecular weight excluding hydrogens is 425 g/mol. The average molecular weight is 456 g/mol. The number of fused-ring (bicyclic) bond motifs is 1. The summed E-state index contributed by atoms with van der Waals surface area (Å²) in [5.41, 5.74) is 8.21. The molecule has 9 heteroatoms. The number of amides is 2. The van der Waals surface area contributed by atoms with Crippen molar-refractivity contribution >= 4 is 17.5 Å². The zero-order valence-electron chi connectivity index (χ0n) is 18.6. The van der Waals surface area contributed by atoms with Crippen LogP contribution in [0.1, 0.15) is 59.6 Å². The number of benzene rings is 1. The third kappa shape index (κ3) is 4.34. The first-order valence-corrected chi connectivity index (χ1v) is 11.7. The fourth-order valence-electron chi connectivity index (χ4n) is 5.73. The van der Waals surface area contributed by atoms with E-state index in [0.29, 0.717) is 26.3 Å². The second-order valence-electron chi connectivity index (χ2n) is 9.67. The van der Waals surface area contributed by atoms with Gasteiger partial charge in [-0.3, -0.25) is 14.7 Å². The third-order valence-corrected chi connectivity index (χ3v) is 7.47. The van der Waals surface area contributed by atoms with Crippen molar-refractivity contribution in [2.24, 2.45) is 5.41 Å². The first-order valence-electron chi connectivity index (χ1n) is 11.7. The topological polar surface area (TPSA) is 113 Å². The first-order chi connectivity index (χ1) is 15.9. The SMILES string of the molecule is Nc1cc(F)cc(C(=O)N2CC3(CCOCC3)CC2CNC(=O)C2CCCc3[nH]ncc32)c1. The van der Waals surface area contributed by atoms with E-state index < -0.39 is 5.82 Å². The fraction of sp³-hybridized carbons (Fsp3) is 0.542. The molecule has 2 aliphatic heterocycles. The number of aromatic amines is 1. The molecule has 1 aromatic heterocycles. The third-order valence-electron chi connectivity index (χ3n) is 7.47. The van der Waals surface area contributed by atoms with Crippen LogP contribution in [0.25, 0.3) is 0 Å². The zero-order chi connectivity index (χ0) is 23.0. The number of carbonyl (C=O) groups is 2. The molecule has 2 amide bonds. The van der Waals surface area contributed by atoms with Gasteiger partial charge in [-0.25, -0.2) is 4.39 Å². The minimum atomic E-state index is -0.531. The number of hydrogen-bond acceptors (Lipinski definition) is 5. The minimum Gasteiger partial charge on any atom is -0.399 e. The number of nitrogens with zero attached hydrogens (tertiary/aromatic N) is 2. The molecule has 1 aromatic carbocycles. The molecule has 2 aromatic rings. The quantitative estimate of drug-likeness (QED) is 0.613. The van der Waals surface area contributed by atoms with Gasteiger partial charge in [-0.1, -0.05) is 0 Å². The predicted octanol–water partition coefficient (Wildman–Crippen LogP) is 2.38. The van der Waals surface area contributed by atoms with Gasteiger partial charge < -0.3 is 20.7 Å². The van der Waals surface area contributed by atoms with Crippen molar-refractivity contribution in [1.29, 1.82) is 0 Å². The molecule has 0 saturated carbocycles. The number of nitrogens with one attached hydrogen (secondary N) is 2. The smallest absolute Gasteiger partial charge is 0.254 e. The highest BCUT2D eigenvalue weighted by Gasteiger charge is 2.46. The van der Waals surface area contributed by atoms with Crippen molar-refractivity contribution in [2.45, 2.75) is 50.5 Å². The van der Waals surface area contributed by atoms with Crippen molar-refractivity contribution in [1.82, 2.24) is 20.4 Å². The molecule has 2 atom stereocenters. The van der Waals surface area contributed by atoms with E-state index in [9.17, 15) is 14.0 Å². The summed E-state index contributed by atoms with van der Waals surface area (Å²) >= 11 is 0. The van der Waals surface area contributed by atoms with E-state index in [4.69, 9.17) is 10.5 Å². The van der Waals surface area contributed by atoms with E-state index in [1.54, 1.807) is 11.1 Å². The summed E-state index contributed by atoms with van der Waals surface area (Å²) in [5, 5.41) is 10.2. The number of halogens is 1. The molecule has 0 radical (unpaired) electrons. The molecule has 5 rings (SSSR count). The number of nitrogens with two attached hydrogens (primary N) is 1. The molecule has 3 aliphatic rings. The largest absolute Gasteiger partial charge is 0.399 e. The molecule has 8 nitrogen and oxygen atoms in total. The average Bonchev–Trinajstić information content (AvgIpc) is 3.41. The number of likely N-dealkylation sites (tertiary alicyclic amines) is 1. The van der Waals surface area contributed by atoms with Crippen molar-refractivity contribution in [2.75, 3.05) is 32.0 Å². The Morgan fingerprint density at radius 2 is 2.12 bits per heavy atom. The number of anilines is 1. The van der Waals surface area contributed by atoms with Crippen LogP contribution in [-0.4, -0.2) is 59.3 Å². The Kier molecular flexibility index (Phi) is 5.82. The fourth-order valence-corrected chi connectivity index (χ4v) is 5.73. The van der Waals surface area contributed by atoms with Gasteiger partial charge in [-0.2, -0.15) is 5.10 Å². The van der Waals surface area contributed by atoms with Gasteiger partial charge >= 0.3 is 0 Å². The van der Waals surface area contributed by atoms with Gasteiger partial charge in [-0.15, -0.1) is 0 Å². The maximum atomic E-state index is 13.9. The van der Waals surface area contributed by atoms with Crippen LogP contribution in [0.15, 0.2) is 24.4 Å². The summed E-state index contributed by atoms with van der Waals surface area (Å²) in [7, 11) is 0. The number of aromatic nitrogens is 2. The zero-order valence-corrected chi connectivity index (χ0v) is 18.6. The van der Waals surface area contributed by atoms with Crippen molar-refractivity contribution in [3.05, 3.63) is 47.0 Å². The lowest BCUT2D eigenvalue weighted by Crippen LogP contribution is -2.44. The summed E-state index contributed by atoms with van der Waals surface area (Å²) in [6.07, 6.45) is 6.90. The van der Waals surface area contributed by atoms with E-state index in [1.165, 1.54) is 18.2 Å². The Morgan fingerprint density at radius 1 is 1.30 bits per heavy atom. The Labute approximate surface area is 192 Å². The Morgan fingerprint density at radius 3 is 2.91 bits per heavy atom. The van der Waals surface area contributed by atoms with Crippen LogP contribution in [0.3, 0.4) is 0 Å². The molecule has 1 spiro atoms. The van der Waals surface area contributed by atoms with E-state index >= 15 is 0 Å². The van der Waals surface area contributed by atoms with E-state index in [1.807, 2.05) is 0 Å². The van der Waals surface area contributed by atoms with Gasteiger partial charge in [-0.05, 0) is 62.1 Å². The lowest BCUT2D eigenvalue weighted by atomic mass is 9.78. The maximum absolute atomic E-state index is 13.9. The van der Waals surface area contributed by atoms with E-state index in [2.05, 4.69) is 15.5 Å². The first kappa shape index (κ1) is 21.9. The monoisotopic (exact) mass is 455 g/mol. The van der Waals surface area contributed by atoms with Gasteiger partial charge in [0.15, 0.2) is 0 Å². The number of hydrogen-bond donors (Lipinski definition) is 3. The van der Waals surface area contributed by atoms with E-state index in [-0.39, 0.29) is 40.4 Å². The molecule has 2 saturated heterocycles. The second kappa shape index (κ2) is 8.78. The Bertz CT molecular complexity index is 1030. The number of aryl methyl sites for hydroxylation is 1. The van der Waals surface area contributed by atoms with Crippen LogP contribution in [0.2, 0.25) is 0 Å². The molecule has 0 bridgehead atoms.